The molecule has 2 heterocycles. The number of carbonyl (C=O) groups is 1. The molecular weight excluding hydrogens is 232 g/mol. The standard InChI is InChI=1S/C10H7ClN2O3/c11-7-2-1-3-8-12-6(5-10(15)16)4-9(14)13(7)8/h1-4H,5H2,(H,15,16). The van der Waals surface area contributed by atoms with Crippen LogP contribution < -0.4 is 5.56 Å². The highest BCUT2D eigenvalue weighted by molar-refractivity contribution is 6.29. The highest BCUT2D eigenvalue weighted by atomic mass is 35.5. The fraction of sp³-hybridized carbons (Fsp3) is 0.100. The van der Waals surface area contributed by atoms with Crippen molar-refractivity contribution in [3.63, 3.8) is 0 Å². The van der Waals surface area contributed by atoms with Crippen LogP contribution in [0.5, 0.6) is 0 Å². The van der Waals surface area contributed by atoms with Gasteiger partial charge in [0.2, 0.25) is 0 Å². The summed E-state index contributed by atoms with van der Waals surface area (Å²) in [5.41, 5.74) is 0.183. The second kappa shape index (κ2) is 3.94. The fourth-order valence-corrected chi connectivity index (χ4v) is 1.65. The Kier molecular flexibility index (Phi) is 2.62. The molecule has 0 aliphatic carbocycles. The van der Waals surface area contributed by atoms with Crippen LogP contribution in [0, 0.1) is 0 Å². The van der Waals surface area contributed by atoms with E-state index in [0.29, 0.717) is 5.65 Å². The van der Waals surface area contributed by atoms with E-state index in [2.05, 4.69) is 4.98 Å². The summed E-state index contributed by atoms with van der Waals surface area (Å²) in [6.07, 6.45) is -0.280. The molecule has 2 rings (SSSR count). The minimum absolute atomic E-state index is 0.222. The lowest BCUT2D eigenvalue weighted by molar-refractivity contribution is -0.136. The summed E-state index contributed by atoms with van der Waals surface area (Å²) in [7, 11) is 0. The Morgan fingerprint density at radius 3 is 2.94 bits per heavy atom. The summed E-state index contributed by atoms with van der Waals surface area (Å²) in [5, 5.41) is 8.86. The summed E-state index contributed by atoms with van der Waals surface area (Å²) in [6.45, 7) is 0. The van der Waals surface area contributed by atoms with E-state index < -0.39 is 5.97 Å². The fourth-order valence-electron chi connectivity index (χ4n) is 1.41. The summed E-state index contributed by atoms with van der Waals surface area (Å²) < 4.78 is 1.22. The van der Waals surface area contributed by atoms with Crippen LogP contribution in [0.25, 0.3) is 5.65 Å². The smallest absolute Gasteiger partial charge is 0.309 e. The van der Waals surface area contributed by atoms with Crippen molar-refractivity contribution in [2.75, 3.05) is 0 Å². The largest absolute Gasteiger partial charge is 0.481 e. The van der Waals surface area contributed by atoms with E-state index in [1.165, 1.54) is 10.5 Å². The summed E-state index contributed by atoms with van der Waals surface area (Å²) in [6, 6.07) is 5.98. The highest BCUT2D eigenvalue weighted by Crippen LogP contribution is 2.09. The molecule has 0 aromatic carbocycles. The SMILES string of the molecule is O=C(O)Cc1cc(=O)n2c(Cl)cccc2n1. The van der Waals surface area contributed by atoms with Crippen molar-refractivity contribution in [1.29, 1.82) is 0 Å². The van der Waals surface area contributed by atoms with Crippen LogP contribution >= 0.6 is 11.6 Å². The molecular formula is C10H7ClN2O3. The number of hydrogen-bond acceptors (Lipinski definition) is 3. The first kappa shape index (κ1) is 10.6. The summed E-state index contributed by atoms with van der Waals surface area (Å²) >= 11 is 5.83. The van der Waals surface area contributed by atoms with E-state index >= 15 is 0 Å². The van der Waals surface area contributed by atoms with Crippen molar-refractivity contribution < 1.29 is 9.90 Å². The first-order valence-corrected chi connectivity index (χ1v) is 4.85. The minimum atomic E-state index is -1.03. The van der Waals surface area contributed by atoms with Crippen molar-refractivity contribution in [2.45, 2.75) is 6.42 Å². The number of carboxylic acids is 1. The van der Waals surface area contributed by atoms with Crippen LogP contribution in [-0.4, -0.2) is 20.5 Å². The molecule has 6 heteroatoms. The Morgan fingerprint density at radius 2 is 2.25 bits per heavy atom. The van der Waals surface area contributed by atoms with E-state index in [1.807, 2.05) is 0 Å². The van der Waals surface area contributed by atoms with Gasteiger partial charge >= 0.3 is 5.97 Å². The number of pyridine rings is 1. The molecule has 0 aliphatic heterocycles. The molecule has 0 aliphatic rings. The molecule has 82 valence electrons. The second-order valence-corrected chi connectivity index (χ2v) is 3.59. The van der Waals surface area contributed by atoms with Crippen molar-refractivity contribution in [3.05, 3.63) is 45.5 Å². The van der Waals surface area contributed by atoms with E-state index in [0.717, 1.165) is 0 Å². The third-order valence-corrected chi connectivity index (χ3v) is 2.32. The van der Waals surface area contributed by atoms with Gasteiger partial charge < -0.3 is 5.11 Å². The Hall–Kier alpha value is -1.88. The lowest BCUT2D eigenvalue weighted by atomic mass is 10.3. The van der Waals surface area contributed by atoms with Gasteiger partial charge in [-0.3, -0.25) is 14.0 Å². The first-order valence-electron chi connectivity index (χ1n) is 4.47. The van der Waals surface area contributed by atoms with E-state index in [4.69, 9.17) is 16.7 Å². The van der Waals surface area contributed by atoms with Crippen LogP contribution in [0.2, 0.25) is 5.15 Å². The molecule has 0 atom stereocenters. The van der Waals surface area contributed by atoms with Gasteiger partial charge in [0.05, 0.1) is 12.1 Å². The number of rotatable bonds is 2. The van der Waals surface area contributed by atoms with Gasteiger partial charge in [0.15, 0.2) is 0 Å². The van der Waals surface area contributed by atoms with Crippen molar-refractivity contribution in [2.24, 2.45) is 0 Å². The zero-order valence-corrected chi connectivity index (χ0v) is 8.81. The van der Waals surface area contributed by atoms with Crippen molar-refractivity contribution >= 4 is 23.2 Å². The molecule has 16 heavy (non-hydrogen) atoms. The van der Waals surface area contributed by atoms with Gasteiger partial charge in [0.25, 0.3) is 5.56 Å². The third-order valence-electron chi connectivity index (χ3n) is 2.02. The zero-order valence-electron chi connectivity index (χ0n) is 8.05. The number of aromatic nitrogens is 2. The molecule has 0 bridgehead atoms. The number of nitrogens with zero attached hydrogens (tertiary/aromatic N) is 2. The van der Waals surface area contributed by atoms with E-state index in [1.54, 1.807) is 18.2 Å². The number of aliphatic carboxylic acids is 1. The van der Waals surface area contributed by atoms with Crippen LogP contribution in [-0.2, 0) is 11.2 Å². The molecule has 2 aromatic rings. The quantitative estimate of drug-likeness (QED) is 0.792. The lowest BCUT2D eigenvalue weighted by Crippen LogP contribution is -2.17. The molecule has 0 radical (unpaired) electrons. The molecule has 2 aromatic heterocycles. The van der Waals surface area contributed by atoms with Gasteiger partial charge in [-0.25, -0.2) is 4.98 Å². The van der Waals surface area contributed by atoms with Crippen LogP contribution in [0.1, 0.15) is 5.69 Å². The van der Waals surface area contributed by atoms with Crippen LogP contribution in [0.3, 0.4) is 0 Å². The Bertz CT molecular complexity index is 621. The average Bonchev–Trinajstić information content (AvgIpc) is 2.15. The monoisotopic (exact) mass is 238 g/mol. The maximum Gasteiger partial charge on any atom is 0.309 e. The first-order chi connectivity index (χ1) is 7.58. The topological polar surface area (TPSA) is 71.7 Å². The molecule has 5 nitrogen and oxygen atoms in total. The third kappa shape index (κ3) is 1.90. The van der Waals surface area contributed by atoms with E-state index in [-0.39, 0.29) is 22.8 Å². The summed E-state index contributed by atoms with van der Waals surface area (Å²) in [5.74, 6) is -1.03. The lowest BCUT2D eigenvalue weighted by Gasteiger charge is -2.03. The Labute approximate surface area is 94.9 Å². The van der Waals surface area contributed by atoms with Gasteiger partial charge in [-0.15, -0.1) is 0 Å². The molecule has 0 saturated carbocycles. The number of fused-ring (bicyclic) bond motifs is 1. The molecule has 1 N–H and O–H groups in total. The zero-order chi connectivity index (χ0) is 11.7. The van der Waals surface area contributed by atoms with Crippen molar-refractivity contribution in [3.8, 4) is 0 Å². The van der Waals surface area contributed by atoms with Gasteiger partial charge in [0.1, 0.15) is 10.8 Å². The van der Waals surface area contributed by atoms with Gasteiger partial charge in [0, 0.05) is 6.07 Å². The number of halogens is 1. The van der Waals surface area contributed by atoms with Crippen LogP contribution in [0.15, 0.2) is 29.1 Å². The maximum absolute atomic E-state index is 11.6. The Morgan fingerprint density at radius 1 is 1.50 bits per heavy atom. The second-order valence-electron chi connectivity index (χ2n) is 3.20. The predicted octanol–water partition coefficient (Wildman–Crippen LogP) is 0.975. The molecule has 0 saturated heterocycles. The number of carboxylic acid groups (broad SMARTS) is 1. The molecule has 0 spiro atoms. The number of hydrogen-bond donors (Lipinski definition) is 1. The van der Waals surface area contributed by atoms with Gasteiger partial charge in [-0.1, -0.05) is 17.7 Å². The Balaban J connectivity index is 2.69. The summed E-state index contributed by atoms with van der Waals surface area (Å²) in [4.78, 5) is 26.2. The highest BCUT2D eigenvalue weighted by Gasteiger charge is 2.07. The van der Waals surface area contributed by atoms with Crippen LogP contribution in [0.4, 0.5) is 0 Å². The van der Waals surface area contributed by atoms with Crippen molar-refractivity contribution in [1.82, 2.24) is 9.38 Å². The minimum Gasteiger partial charge on any atom is -0.481 e. The maximum atomic E-state index is 11.6. The molecule has 0 unspecified atom stereocenters. The average molecular weight is 239 g/mol. The molecule has 0 amide bonds. The molecule has 0 fully saturated rings. The van der Waals surface area contributed by atoms with E-state index in [9.17, 15) is 9.59 Å². The predicted molar refractivity (Wildman–Crippen MR) is 57.8 cm³/mol. The van der Waals surface area contributed by atoms with Gasteiger partial charge in [-0.2, -0.15) is 0 Å². The normalized spacial score (nSPS) is 10.6. The van der Waals surface area contributed by atoms with Gasteiger partial charge in [-0.05, 0) is 12.1 Å².